The summed E-state index contributed by atoms with van der Waals surface area (Å²) in [5, 5.41) is 12.6. The van der Waals surface area contributed by atoms with Crippen molar-refractivity contribution in [1.29, 1.82) is 0 Å². The highest BCUT2D eigenvalue weighted by atomic mass is 16.5. The first-order chi connectivity index (χ1) is 12.2. The predicted octanol–water partition coefficient (Wildman–Crippen LogP) is -0.733. The lowest BCUT2D eigenvalue weighted by atomic mass is 9.99. The van der Waals surface area contributed by atoms with E-state index >= 15 is 0 Å². The fourth-order valence-electron chi connectivity index (χ4n) is 2.39. The Labute approximate surface area is 154 Å². The van der Waals surface area contributed by atoms with Gasteiger partial charge in [0.15, 0.2) is 5.96 Å². The van der Waals surface area contributed by atoms with Crippen LogP contribution < -0.4 is 16.8 Å². The van der Waals surface area contributed by atoms with Crippen molar-refractivity contribution in [2.45, 2.75) is 45.1 Å². The maximum atomic E-state index is 12.6. The number of likely N-dealkylation sites (N-methyl/N-ethyl adjacent to an activating group) is 1. The van der Waals surface area contributed by atoms with Gasteiger partial charge in [0.05, 0.1) is 12.5 Å². The monoisotopic (exact) mass is 372 g/mol. The van der Waals surface area contributed by atoms with Gasteiger partial charge >= 0.3 is 0 Å². The van der Waals surface area contributed by atoms with Crippen molar-refractivity contribution < 1.29 is 19.6 Å². The molecular formula is C16H32N6O4. The average molecular weight is 372 g/mol. The second-order valence-electron chi connectivity index (χ2n) is 6.31. The number of carbonyl (C=O) groups is 3. The Morgan fingerprint density at radius 2 is 1.88 bits per heavy atom. The van der Waals surface area contributed by atoms with E-state index in [1.54, 1.807) is 14.1 Å². The highest BCUT2D eigenvalue weighted by Crippen LogP contribution is 2.12. The average Bonchev–Trinajstić information content (AvgIpc) is 2.59. The smallest absolute Gasteiger partial charge is 0.244 e. The molecule has 10 heteroatoms. The zero-order valence-electron chi connectivity index (χ0n) is 15.9. The van der Waals surface area contributed by atoms with Gasteiger partial charge in [-0.1, -0.05) is 19.8 Å². The minimum atomic E-state index is -0.723. The van der Waals surface area contributed by atoms with Crippen molar-refractivity contribution in [3.63, 3.8) is 0 Å². The molecule has 0 radical (unpaired) electrons. The highest BCUT2D eigenvalue weighted by Gasteiger charge is 2.27. The lowest BCUT2D eigenvalue weighted by molar-refractivity contribution is -0.155. The summed E-state index contributed by atoms with van der Waals surface area (Å²) in [6.07, 6.45) is 3.28. The Kier molecular flexibility index (Phi) is 11.8. The van der Waals surface area contributed by atoms with Crippen LogP contribution in [-0.2, 0) is 14.4 Å². The number of hydrogen-bond acceptors (Lipinski definition) is 5. The molecule has 0 aliphatic rings. The quantitative estimate of drug-likeness (QED) is 0.0834. The van der Waals surface area contributed by atoms with Crippen molar-refractivity contribution in [3.05, 3.63) is 0 Å². The SMILES string of the molecule is CCCC[C@H](CN(O)C=O)C(=O)N[C@@H](CCCN=C(N)N)C(=O)N(C)C. The second-order valence-corrected chi connectivity index (χ2v) is 6.31. The molecule has 0 aromatic carbocycles. The molecule has 0 aromatic heterocycles. The molecule has 2 atom stereocenters. The summed E-state index contributed by atoms with van der Waals surface area (Å²) in [6.45, 7) is 2.21. The minimum absolute atomic E-state index is 0.0268. The number of unbranched alkanes of at least 4 members (excludes halogenated alkanes) is 1. The molecule has 0 aromatic rings. The summed E-state index contributed by atoms with van der Waals surface area (Å²) in [6, 6.07) is -0.723. The summed E-state index contributed by atoms with van der Waals surface area (Å²) in [5.74, 6) is -1.24. The standard InChI is InChI=1S/C16H32N6O4/c1-4-5-7-12(10-22(26)11-23)14(24)20-13(15(25)21(2)3)8-6-9-19-16(17)18/h11-13,26H,4-10H2,1-3H3,(H,20,24)(H4,17,18,19)/t12-,13+/m1/s1. The Bertz CT molecular complexity index is 479. The van der Waals surface area contributed by atoms with Crippen molar-refractivity contribution in [2.24, 2.45) is 22.4 Å². The van der Waals surface area contributed by atoms with E-state index in [0.29, 0.717) is 30.9 Å². The zero-order chi connectivity index (χ0) is 20.1. The summed E-state index contributed by atoms with van der Waals surface area (Å²) < 4.78 is 0. The van der Waals surface area contributed by atoms with E-state index in [2.05, 4.69) is 10.3 Å². The molecule has 3 amide bonds. The number of amides is 3. The maximum absolute atomic E-state index is 12.6. The number of carbonyl (C=O) groups excluding carboxylic acids is 3. The molecule has 0 spiro atoms. The van der Waals surface area contributed by atoms with Gasteiger partial charge in [-0.15, -0.1) is 0 Å². The molecule has 0 aliphatic heterocycles. The van der Waals surface area contributed by atoms with Crippen molar-refractivity contribution in [1.82, 2.24) is 15.3 Å². The summed E-state index contributed by atoms with van der Waals surface area (Å²) in [5.41, 5.74) is 10.5. The van der Waals surface area contributed by atoms with E-state index in [4.69, 9.17) is 11.5 Å². The lowest BCUT2D eigenvalue weighted by Crippen LogP contribution is -2.49. The van der Waals surface area contributed by atoms with E-state index in [1.807, 2.05) is 6.92 Å². The van der Waals surface area contributed by atoms with Crippen LogP contribution in [0.5, 0.6) is 0 Å². The van der Waals surface area contributed by atoms with E-state index < -0.39 is 12.0 Å². The minimum Gasteiger partial charge on any atom is -0.370 e. The summed E-state index contributed by atoms with van der Waals surface area (Å²) in [4.78, 5) is 40.8. The summed E-state index contributed by atoms with van der Waals surface area (Å²) in [7, 11) is 3.21. The Hall–Kier alpha value is -2.36. The van der Waals surface area contributed by atoms with Crippen molar-refractivity contribution in [2.75, 3.05) is 27.2 Å². The number of nitrogens with two attached hydrogens (primary N) is 2. The first-order valence-electron chi connectivity index (χ1n) is 8.70. The predicted molar refractivity (Wildman–Crippen MR) is 98.1 cm³/mol. The molecule has 0 heterocycles. The Balaban J connectivity index is 4.98. The number of hydrogen-bond donors (Lipinski definition) is 4. The number of guanidine groups is 1. The normalized spacial score (nSPS) is 12.6. The molecule has 6 N–H and O–H groups in total. The van der Waals surface area contributed by atoms with Crippen LogP contribution in [0.1, 0.15) is 39.0 Å². The molecule has 0 saturated heterocycles. The van der Waals surface area contributed by atoms with Crippen LogP contribution in [0.3, 0.4) is 0 Å². The number of rotatable bonds is 13. The van der Waals surface area contributed by atoms with Gasteiger partial charge in [-0.2, -0.15) is 0 Å². The third kappa shape index (κ3) is 9.82. The first-order valence-corrected chi connectivity index (χ1v) is 8.70. The van der Waals surface area contributed by atoms with Crippen LogP contribution >= 0.6 is 0 Å². The molecule has 0 fully saturated rings. The second kappa shape index (κ2) is 12.9. The molecular weight excluding hydrogens is 340 g/mol. The third-order valence-electron chi connectivity index (χ3n) is 3.81. The van der Waals surface area contributed by atoms with E-state index in [1.165, 1.54) is 4.90 Å². The van der Waals surface area contributed by atoms with Crippen LogP contribution in [0.4, 0.5) is 0 Å². The van der Waals surface area contributed by atoms with Crippen LogP contribution in [-0.4, -0.2) is 72.6 Å². The molecule has 0 rings (SSSR count). The topological polar surface area (TPSA) is 154 Å². The molecule has 26 heavy (non-hydrogen) atoms. The van der Waals surface area contributed by atoms with Crippen molar-refractivity contribution >= 4 is 24.2 Å². The fourth-order valence-corrected chi connectivity index (χ4v) is 2.39. The number of hydroxylamine groups is 2. The van der Waals surface area contributed by atoms with E-state index in [-0.39, 0.29) is 30.7 Å². The fraction of sp³-hybridized carbons (Fsp3) is 0.750. The lowest BCUT2D eigenvalue weighted by Gasteiger charge is -2.25. The Morgan fingerprint density at radius 3 is 2.38 bits per heavy atom. The number of aliphatic imine (C=N–C) groups is 1. The largest absolute Gasteiger partial charge is 0.370 e. The van der Waals surface area contributed by atoms with Gasteiger partial charge in [-0.05, 0) is 19.3 Å². The third-order valence-corrected chi connectivity index (χ3v) is 3.81. The van der Waals surface area contributed by atoms with Crippen molar-refractivity contribution in [3.8, 4) is 0 Å². The van der Waals surface area contributed by atoms with Gasteiger partial charge < -0.3 is 21.7 Å². The van der Waals surface area contributed by atoms with Crippen LogP contribution in [0, 0.1) is 5.92 Å². The highest BCUT2D eigenvalue weighted by molar-refractivity contribution is 5.88. The van der Waals surface area contributed by atoms with Crippen LogP contribution in [0.2, 0.25) is 0 Å². The van der Waals surface area contributed by atoms with Crippen LogP contribution in [0.25, 0.3) is 0 Å². The van der Waals surface area contributed by atoms with Gasteiger partial charge in [0.2, 0.25) is 18.2 Å². The van der Waals surface area contributed by atoms with Gasteiger partial charge in [0, 0.05) is 20.6 Å². The van der Waals surface area contributed by atoms with E-state index in [0.717, 1.165) is 12.8 Å². The molecule has 0 aliphatic carbocycles. The zero-order valence-corrected chi connectivity index (χ0v) is 15.9. The first kappa shape index (κ1) is 23.6. The maximum Gasteiger partial charge on any atom is 0.244 e. The molecule has 10 nitrogen and oxygen atoms in total. The number of nitrogens with one attached hydrogen (secondary N) is 1. The number of nitrogens with zero attached hydrogens (tertiary/aromatic N) is 3. The molecule has 0 bridgehead atoms. The molecule has 150 valence electrons. The van der Waals surface area contributed by atoms with Gasteiger partial charge in [0.25, 0.3) is 0 Å². The van der Waals surface area contributed by atoms with Gasteiger partial charge in [-0.25, -0.2) is 5.06 Å². The Morgan fingerprint density at radius 1 is 1.23 bits per heavy atom. The molecule has 0 unspecified atom stereocenters. The molecule has 0 saturated carbocycles. The van der Waals surface area contributed by atoms with Gasteiger partial charge in [-0.3, -0.25) is 24.6 Å². The summed E-state index contributed by atoms with van der Waals surface area (Å²) >= 11 is 0. The van der Waals surface area contributed by atoms with Gasteiger partial charge in [0.1, 0.15) is 6.04 Å². The van der Waals surface area contributed by atoms with Crippen LogP contribution in [0.15, 0.2) is 4.99 Å². The van der Waals surface area contributed by atoms with E-state index in [9.17, 15) is 19.6 Å².